The van der Waals surface area contributed by atoms with Crippen LogP contribution < -0.4 is 0 Å². The average molecular weight is 400 g/mol. The van der Waals surface area contributed by atoms with Gasteiger partial charge in [0, 0.05) is 0 Å². The van der Waals surface area contributed by atoms with Crippen molar-refractivity contribution in [1.82, 2.24) is 0 Å². The summed E-state index contributed by atoms with van der Waals surface area (Å²) in [6.07, 6.45) is -0.0000174. The number of halogens is 1. The minimum absolute atomic E-state index is 0.0000174. The highest BCUT2D eigenvalue weighted by Crippen LogP contribution is 1.86. The van der Waals surface area contributed by atoms with Crippen molar-refractivity contribution in [3.63, 3.8) is 0 Å². The molecule has 10 heteroatoms. The Kier molecular flexibility index (Phi) is 22.4. The molecule has 0 aromatic rings. The minimum Gasteiger partial charge on any atom is -0.481 e. The van der Waals surface area contributed by atoms with Gasteiger partial charge in [-0.3, -0.25) is 4.79 Å². The van der Waals surface area contributed by atoms with Gasteiger partial charge in [0.05, 0.1) is 98.9 Å². The van der Waals surface area contributed by atoms with E-state index in [1.54, 1.807) is 0 Å². The van der Waals surface area contributed by atoms with Gasteiger partial charge in [-0.25, -0.2) is 4.39 Å². The smallest absolute Gasteiger partial charge is 0.305 e. The molecule has 0 aliphatic carbocycles. The van der Waals surface area contributed by atoms with E-state index in [9.17, 15) is 9.18 Å². The number of rotatable bonds is 23. The van der Waals surface area contributed by atoms with Crippen LogP contribution in [0.25, 0.3) is 0 Å². The van der Waals surface area contributed by atoms with Gasteiger partial charge in [-0.1, -0.05) is 0 Å². The van der Waals surface area contributed by atoms with Crippen LogP contribution in [-0.2, 0) is 38.0 Å². The zero-order chi connectivity index (χ0) is 19.8. The van der Waals surface area contributed by atoms with Crippen LogP contribution in [-0.4, -0.2) is 110 Å². The van der Waals surface area contributed by atoms with Gasteiger partial charge in [0.15, 0.2) is 0 Å². The fraction of sp³-hybridized carbons (Fsp3) is 0.941. The predicted molar refractivity (Wildman–Crippen MR) is 94.0 cm³/mol. The molecule has 0 heterocycles. The second-order valence-corrected chi connectivity index (χ2v) is 5.12. The SMILES string of the molecule is O=C(O)CCOCCOCCOCCOCCOCCOCCOCCF. The first-order valence-electron chi connectivity index (χ1n) is 9.09. The molecule has 0 saturated carbocycles. The molecule has 0 aromatic carbocycles. The Morgan fingerprint density at radius 2 is 0.778 bits per heavy atom. The molecule has 0 aliphatic rings. The van der Waals surface area contributed by atoms with Crippen LogP contribution in [0.4, 0.5) is 4.39 Å². The Morgan fingerprint density at radius 1 is 0.519 bits per heavy atom. The topological polar surface area (TPSA) is 102 Å². The molecule has 0 fully saturated rings. The Labute approximate surface area is 159 Å². The van der Waals surface area contributed by atoms with Crippen LogP contribution >= 0.6 is 0 Å². The van der Waals surface area contributed by atoms with Crippen molar-refractivity contribution in [1.29, 1.82) is 0 Å². The molecule has 0 radical (unpaired) electrons. The first-order valence-corrected chi connectivity index (χ1v) is 9.09. The lowest BCUT2D eigenvalue weighted by Gasteiger charge is -2.08. The van der Waals surface area contributed by atoms with Crippen LogP contribution in [0.3, 0.4) is 0 Å². The highest BCUT2D eigenvalue weighted by atomic mass is 19.1. The van der Waals surface area contributed by atoms with Gasteiger partial charge < -0.3 is 38.3 Å². The number of hydrogen-bond acceptors (Lipinski definition) is 8. The standard InChI is InChI=1S/C17H33FO9/c18-2-4-22-6-8-24-10-12-26-14-16-27-15-13-25-11-9-23-7-5-21-3-1-17(19)20/h1-16H2,(H,19,20). The van der Waals surface area contributed by atoms with Gasteiger partial charge in [0.1, 0.15) is 6.67 Å². The van der Waals surface area contributed by atoms with E-state index in [1.165, 1.54) is 0 Å². The Balaban J connectivity index is 2.98. The van der Waals surface area contributed by atoms with E-state index in [1.807, 2.05) is 0 Å². The maximum absolute atomic E-state index is 11.7. The summed E-state index contributed by atoms with van der Waals surface area (Å²) in [5.41, 5.74) is 0. The van der Waals surface area contributed by atoms with Gasteiger partial charge in [0.2, 0.25) is 0 Å². The fourth-order valence-electron chi connectivity index (χ4n) is 1.64. The molecular weight excluding hydrogens is 367 g/mol. The molecule has 0 atom stereocenters. The predicted octanol–water partition coefficient (Wildman–Crippen LogP) is 0.547. The molecule has 0 aliphatic heterocycles. The van der Waals surface area contributed by atoms with Crippen LogP contribution in [0.1, 0.15) is 6.42 Å². The van der Waals surface area contributed by atoms with E-state index >= 15 is 0 Å². The third-order valence-electron chi connectivity index (χ3n) is 2.91. The summed E-state index contributed by atoms with van der Waals surface area (Å²) >= 11 is 0. The van der Waals surface area contributed by atoms with Crippen molar-refractivity contribution >= 4 is 5.97 Å². The van der Waals surface area contributed by atoms with Crippen molar-refractivity contribution in [3.8, 4) is 0 Å². The summed E-state index contributed by atoms with van der Waals surface area (Å²) in [7, 11) is 0. The number of ether oxygens (including phenoxy) is 7. The Hall–Kier alpha value is -0.880. The number of carbonyl (C=O) groups is 1. The number of hydrogen-bond donors (Lipinski definition) is 1. The normalized spacial score (nSPS) is 11.1. The molecule has 27 heavy (non-hydrogen) atoms. The molecule has 0 amide bonds. The average Bonchev–Trinajstić information content (AvgIpc) is 2.65. The van der Waals surface area contributed by atoms with Crippen LogP contribution in [0.5, 0.6) is 0 Å². The van der Waals surface area contributed by atoms with E-state index in [0.717, 1.165) is 0 Å². The zero-order valence-corrected chi connectivity index (χ0v) is 15.9. The molecule has 0 aromatic heterocycles. The summed E-state index contributed by atoms with van der Waals surface area (Å²) in [6.45, 7) is 5.17. The maximum atomic E-state index is 11.7. The Bertz CT molecular complexity index is 308. The third kappa shape index (κ3) is 25.1. The van der Waals surface area contributed by atoms with E-state index in [0.29, 0.717) is 79.3 Å². The van der Waals surface area contributed by atoms with Crippen LogP contribution in [0.2, 0.25) is 0 Å². The first kappa shape index (κ1) is 26.1. The lowest BCUT2D eigenvalue weighted by Crippen LogP contribution is -2.14. The molecule has 0 rings (SSSR count). The van der Waals surface area contributed by atoms with E-state index in [4.69, 9.17) is 38.3 Å². The molecule has 9 nitrogen and oxygen atoms in total. The second kappa shape index (κ2) is 23.2. The number of alkyl halides is 1. The van der Waals surface area contributed by atoms with E-state index in [-0.39, 0.29) is 19.6 Å². The maximum Gasteiger partial charge on any atom is 0.305 e. The lowest BCUT2D eigenvalue weighted by atomic mass is 10.5. The highest BCUT2D eigenvalue weighted by molar-refractivity contribution is 5.66. The summed E-state index contributed by atoms with van der Waals surface area (Å²) in [4.78, 5) is 10.2. The molecular formula is C17H33FO9. The Morgan fingerprint density at radius 3 is 1.04 bits per heavy atom. The third-order valence-corrected chi connectivity index (χ3v) is 2.91. The quantitative estimate of drug-likeness (QED) is 0.246. The molecule has 0 spiro atoms. The van der Waals surface area contributed by atoms with Crippen molar-refractivity contribution < 1.29 is 47.4 Å². The summed E-state index contributed by atoms with van der Waals surface area (Å²) in [5, 5.41) is 8.42. The first-order chi connectivity index (χ1) is 13.3. The second-order valence-electron chi connectivity index (χ2n) is 5.12. The van der Waals surface area contributed by atoms with Crippen molar-refractivity contribution in [2.75, 3.05) is 99.2 Å². The summed E-state index contributed by atoms with van der Waals surface area (Å²) < 4.78 is 48.2. The molecule has 1 N–H and O–H groups in total. The van der Waals surface area contributed by atoms with Gasteiger partial charge in [-0.05, 0) is 0 Å². The summed E-state index contributed by atoms with van der Waals surface area (Å²) in [6, 6.07) is 0. The molecule has 0 bridgehead atoms. The van der Waals surface area contributed by atoms with Gasteiger partial charge in [0.25, 0.3) is 0 Å². The fourth-order valence-corrected chi connectivity index (χ4v) is 1.64. The highest BCUT2D eigenvalue weighted by Gasteiger charge is 1.97. The van der Waals surface area contributed by atoms with Crippen LogP contribution in [0, 0.1) is 0 Å². The van der Waals surface area contributed by atoms with E-state index < -0.39 is 12.6 Å². The van der Waals surface area contributed by atoms with Gasteiger partial charge in [-0.2, -0.15) is 0 Å². The van der Waals surface area contributed by atoms with Crippen molar-refractivity contribution in [2.24, 2.45) is 0 Å². The van der Waals surface area contributed by atoms with Crippen LogP contribution in [0.15, 0.2) is 0 Å². The number of aliphatic carboxylic acids is 1. The number of carboxylic acid groups (broad SMARTS) is 1. The molecule has 162 valence electrons. The summed E-state index contributed by atoms with van der Waals surface area (Å²) in [5.74, 6) is -0.875. The lowest BCUT2D eigenvalue weighted by molar-refractivity contribution is -0.138. The largest absolute Gasteiger partial charge is 0.481 e. The monoisotopic (exact) mass is 400 g/mol. The van der Waals surface area contributed by atoms with Gasteiger partial charge in [-0.15, -0.1) is 0 Å². The zero-order valence-electron chi connectivity index (χ0n) is 15.9. The van der Waals surface area contributed by atoms with E-state index in [2.05, 4.69) is 0 Å². The molecule has 0 saturated heterocycles. The van der Waals surface area contributed by atoms with Crippen molar-refractivity contribution in [2.45, 2.75) is 6.42 Å². The number of carboxylic acids is 1. The molecule has 0 unspecified atom stereocenters. The minimum atomic E-state index is -0.875. The van der Waals surface area contributed by atoms with Gasteiger partial charge >= 0.3 is 5.97 Å². The van der Waals surface area contributed by atoms with Crippen molar-refractivity contribution in [3.05, 3.63) is 0 Å².